The number of carbonyl (C=O) groups excluding carboxylic acids is 1. The Morgan fingerprint density at radius 1 is 1.21 bits per heavy atom. The molecule has 3 aromatic rings. The maximum Gasteiger partial charge on any atom is 0.242 e. The second-order valence-electron chi connectivity index (χ2n) is 6.27. The summed E-state index contributed by atoms with van der Waals surface area (Å²) in [6.45, 7) is 0. The van der Waals surface area contributed by atoms with E-state index in [0.717, 1.165) is 16.5 Å². The Labute approximate surface area is 173 Å². The van der Waals surface area contributed by atoms with Crippen LogP contribution in [0, 0.1) is 17.2 Å². The van der Waals surface area contributed by atoms with E-state index in [4.69, 9.17) is 25.8 Å². The molecule has 0 saturated carbocycles. The van der Waals surface area contributed by atoms with Crippen molar-refractivity contribution < 1.29 is 19.0 Å². The number of methoxy groups -OCH3 is 3. The Kier molecular flexibility index (Phi) is 6.15. The van der Waals surface area contributed by atoms with Crippen LogP contribution in [0.5, 0.6) is 17.2 Å². The summed E-state index contributed by atoms with van der Waals surface area (Å²) in [5, 5.41) is 13.7. The molecule has 0 aliphatic heterocycles. The van der Waals surface area contributed by atoms with E-state index in [1.807, 2.05) is 12.1 Å². The number of anilines is 1. The SMILES string of the molecule is COc1cc(NC(=O)C(C#N)Cc2c[nH]c3cccc(Cl)c23)cc(OC)c1OC. The molecule has 7 nitrogen and oxygen atoms in total. The van der Waals surface area contributed by atoms with E-state index >= 15 is 0 Å². The zero-order chi connectivity index (χ0) is 21.0. The lowest BCUT2D eigenvalue weighted by Crippen LogP contribution is -2.23. The summed E-state index contributed by atoms with van der Waals surface area (Å²) in [7, 11) is 4.47. The van der Waals surface area contributed by atoms with Gasteiger partial charge in [-0.3, -0.25) is 4.79 Å². The van der Waals surface area contributed by atoms with Crippen LogP contribution in [0.1, 0.15) is 5.56 Å². The average molecular weight is 414 g/mol. The van der Waals surface area contributed by atoms with Gasteiger partial charge in [0, 0.05) is 34.9 Å². The minimum Gasteiger partial charge on any atom is -0.493 e. The predicted molar refractivity (Wildman–Crippen MR) is 111 cm³/mol. The largest absolute Gasteiger partial charge is 0.493 e. The van der Waals surface area contributed by atoms with Crippen LogP contribution in [-0.4, -0.2) is 32.2 Å². The van der Waals surface area contributed by atoms with Crippen LogP contribution in [0.25, 0.3) is 10.9 Å². The summed E-state index contributed by atoms with van der Waals surface area (Å²) in [6.07, 6.45) is 1.99. The number of hydrogen-bond donors (Lipinski definition) is 2. The Hall–Kier alpha value is -3.37. The lowest BCUT2D eigenvalue weighted by molar-refractivity contribution is -0.118. The smallest absolute Gasteiger partial charge is 0.242 e. The van der Waals surface area contributed by atoms with E-state index < -0.39 is 11.8 Å². The highest BCUT2D eigenvalue weighted by Gasteiger charge is 2.22. The molecule has 29 heavy (non-hydrogen) atoms. The van der Waals surface area contributed by atoms with Crippen LogP contribution in [0.3, 0.4) is 0 Å². The number of nitriles is 1. The second-order valence-corrected chi connectivity index (χ2v) is 6.67. The number of nitrogens with zero attached hydrogens (tertiary/aromatic N) is 1. The molecule has 8 heteroatoms. The first kappa shape index (κ1) is 20.4. The number of hydrogen-bond acceptors (Lipinski definition) is 5. The maximum atomic E-state index is 12.8. The van der Waals surface area contributed by atoms with Gasteiger partial charge in [-0.15, -0.1) is 0 Å². The maximum absolute atomic E-state index is 12.8. The number of H-pyrrole nitrogens is 1. The molecular weight excluding hydrogens is 394 g/mol. The molecule has 0 spiro atoms. The number of halogens is 1. The van der Waals surface area contributed by atoms with Gasteiger partial charge >= 0.3 is 0 Å². The van der Waals surface area contributed by atoms with Crippen molar-refractivity contribution in [2.24, 2.45) is 5.92 Å². The molecular formula is C21H20ClN3O4. The number of fused-ring (bicyclic) bond motifs is 1. The number of aromatic amines is 1. The molecule has 1 unspecified atom stereocenters. The third-order valence-corrected chi connectivity index (χ3v) is 4.88. The highest BCUT2D eigenvalue weighted by Crippen LogP contribution is 2.40. The van der Waals surface area contributed by atoms with E-state index in [2.05, 4.69) is 16.4 Å². The van der Waals surface area contributed by atoms with Crippen LogP contribution >= 0.6 is 11.6 Å². The number of nitrogens with one attached hydrogen (secondary N) is 2. The molecule has 2 aromatic carbocycles. The number of benzene rings is 2. The van der Waals surface area contributed by atoms with Crippen molar-refractivity contribution in [1.82, 2.24) is 4.98 Å². The summed E-state index contributed by atoms with van der Waals surface area (Å²) in [5.41, 5.74) is 2.09. The molecule has 0 bridgehead atoms. The molecule has 150 valence electrons. The molecule has 0 aliphatic carbocycles. The molecule has 1 atom stereocenters. The number of amides is 1. The van der Waals surface area contributed by atoms with Gasteiger partial charge in [0.25, 0.3) is 0 Å². The zero-order valence-electron chi connectivity index (χ0n) is 16.2. The molecule has 1 heterocycles. The number of aromatic nitrogens is 1. The van der Waals surface area contributed by atoms with Crippen LogP contribution in [-0.2, 0) is 11.2 Å². The van der Waals surface area contributed by atoms with Crippen LogP contribution in [0.2, 0.25) is 5.02 Å². The average Bonchev–Trinajstić information content (AvgIpc) is 3.15. The monoisotopic (exact) mass is 413 g/mol. The second kappa shape index (κ2) is 8.76. The van der Waals surface area contributed by atoms with Gasteiger partial charge < -0.3 is 24.5 Å². The van der Waals surface area contributed by atoms with E-state index in [-0.39, 0.29) is 6.42 Å². The van der Waals surface area contributed by atoms with Gasteiger partial charge in [0.1, 0.15) is 5.92 Å². The van der Waals surface area contributed by atoms with Gasteiger partial charge in [-0.25, -0.2) is 0 Å². The number of ether oxygens (including phenoxy) is 3. The molecule has 0 aliphatic rings. The lowest BCUT2D eigenvalue weighted by atomic mass is 9.99. The van der Waals surface area contributed by atoms with Crippen LogP contribution in [0.4, 0.5) is 5.69 Å². The first-order valence-electron chi connectivity index (χ1n) is 8.77. The number of carbonyl (C=O) groups is 1. The summed E-state index contributed by atoms with van der Waals surface area (Å²) >= 11 is 6.29. The van der Waals surface area contributed by atoms with E-state index in [1.54, 1.807) is 24.4 Å². The molecule has 3 rings (SSSR count). The van der Waals surface area contributed by atoms with Crippen LogP contribution < -0.4 is 19.5 Å². The van der Waals surface area contributed by atoms with Gasteiger partial charge in [-0.2, -0.15) is 5.26 Å². The Morgan fingerprint density at radius 2 is 1.90 bits per heavy atom. The lowest BCUT2D eigenvalue weighted by Gasteiger charge is -2.15. The first-order chi connectivity index (χ1) is 14.0. The number of rotatable bonds is 7. The van der Waals surface area contributed by atoms with Crippen molar-refractivity contribution in [3.05, 3.63) is 47.1 Å². The minimum atomic E-state index is -0.913. The molecule has 2 N–H and O–H groups in total. The quantitative estimate of drug-likeness (QED) is 0.606. The van der Waals surface area contributed by atoms with Gasteiger partial charge in [-0.05, 0) is 24.1 Å². The zero-order valence-corrected chi connectivity index (χ0v) is 17.0. The van der Waals surface area contributed by atoms with E-state index in [1.165, 1.54) is 21.3 Å². The first-order valence-corrected chi connectivity index (χ1v) is 9.15. The van der Waals surface area contributed by atoms with E-state index in [9.17, 15) is 10.1 Å². The Morgan fingerprint density at radius 3 is 2.48 bits per heavy atom. The van der Waals surface area contributed by atoms with Gasteiger partial charge in [0.15, 0.2) is 11.5 Å². The topological polar surface area (TPSA) is 96.4 Å². The van der Waals surface area contributed by atoms with Crippen molar-refractivity contribution in [2.75, 3.05) is 26.6 Å². The van der Waals surface area contributed by atoms with Crippen molar-refractivity contribution in [2.45, 2.75) is 6.42 Å². The predicted octanol–water partition coefficient (Wildman–Crippen LogP) is 4.17. The van der Waals surface area contributed by atoms with E-state index in [0.29, 0.717) is 28.0 Å². The summed E-state index contributed by atoms with van der Waals surface area (Å²) in [6, 6.07) is 10.8. The van der Waals surface area contributed by atoms with Crippen molar-refractivity contribution >= 4 is 34.1 Å². The molecule has 1 amide bonds. The van der Waals surface area contributed by atoms with Crippen LogP contribution in [0.15, 0.2) is 36.5 Å². The Balaban J connectivity index is 1.84. The minimum absolute atomic E-state index is 0.219. The molecule has 1 aromatic heterocycles. The standard InChI is InChI=1S/C21H20ClN3O4/c1-27-17-8-14(9-18(28-2)20(17)29-3)25-21(26)12(10-23)7-13-11-24-16-6-4-5-15(22)19(13)16/h4-6,8-9,11-12,24H,7H2,1-3H3,(H,25,26). The molecule has 0 saturated heterocycles. The highest BCUT2D eigenvalue weighted by atomic mass is 35.5. The van der Waals surface area contributed by atoms with Gasteiger partial charge in [-0.1, -0.05) is 17.7 Å². The van der Waals surface area contributed by atoms with Crippen molar-refractivity contribution in [1.29, 1.82) is 5.26 Å². The highest BCUT2D eigenvalue weighted by molar-refractivity contribution is 6.35. The van der Waals surface area contributed by atoms with Crippen molar-refractivity contribution in [3.63, 3.8) is 0 Å². The normalized spacial score (nSPS) is 11.6. The fraction of sp³-hybridized carbons (Fsp3) is 0.238. The third kappa shape index (κ3) is 4.08. The van der Waals surface area contributed by atoms with Gasteiger partial charge in [0.05, 0.1) is 32.4 Å². The fourth-order valence-electron chi connectivity index (χ4n) is 3.17. The molecule has 0 fully saturated rings. The third-order valence-electron chi connectivity index (χ3n) is 4.57. The molecule has 0 radical (unpaired) electrons. The Bertz CT molecular complexity index is 1060. The summed E-state index contributed by atoms with van der Waals surface area (Å²) < 4.78 is 15.9. The summed E-state index contributed by atoms with van der Waals surface area (Å²) in [4.78, 5) is 15.9. The van der Waals surface area contributed by atoms with Gasteiger partial charge in [0.2, 0.25) is 11.7 Å². The van der Waals surface area contributed by atoms with Crippen molar-refractivity contribution in [3.8, 4) is 23.3 Å². The fourth-order valence-corrected chi connectivity index (χ4v) is 3.46. The summed E-state index contributed by atoms with van der Waals surface area (Å²) in [5.74, 6) is -0.135.